The largest absolute Gasteiger partial charge is 0.506 e. The van der Waals surface area contributed by atoms with Crippen LogP contribution in [0.3, 0.4) is 0 Å². The van der Waals surface area contributed by atoms with E-state index in [9.17, 15) is 14.7 Å². The van der Waals surface area contributed by atoms with Gasteiger partial charge in [0.1, 0.15) is 28.1 Å². The van der Waals surface area contributed by atoms with E-state index in [-0.39, 0.29) is 22.4 Å². The number of aromatic nitrogens is 2. The number of carbonyl (C=O) groups excluding carboxylic acids is 2. The lowest BCUT2D eigenvalue weighted by Crippen LogP contribution is -2.13. The molecule has 0 radical (unpaired) electrons. The summed E-state index contributed by atoms with van der Waals surface area (Å²) in [5.41, 5.74) is 7.08. The van der Waals surface area contributed by atoms with Crippen LogP contribution in [0.1, 0.15) is 66.2 Å². The highest BCUT2D eigenvalue weighted by atomic mass is 16.5. The van der Waals surface area contributed by atoms with Crippen molar-refractivity contribution in [3.63, 3.8) is 0 Å². The van der Waals surface area contributed by atoms with Crippen LogP contribution in [0.15, 0.2) is 36.4 Å². The number of hydrogen-bond acceptors (Lipinski definition) is 7. The summed E-state index contributed by atoms with van der Waals surface area (Å²) >= 11 is 0. The van der Waals surface area contributed by atoms with Crippen molar-refractivity contribution in [1.82, 2.24) is 9.97 Å². The lowest BCUT2D eigenvalue weighted by Gasteiger charge is -2.13. The van der Waals surface area contributed by atoms with Crippen molar-refractivity contribution in [3.05, 3.63) is 47.5 Å². The van der Waals surface area contributed by atoms with Gasteiger partial charge in [0, 0.05) is 16.8 Å². The van der Waals surface area contributed by atoms with E-state index in [1.807, 2.05) is 0 Å². The first-order valence-corrected chi connectivity index (χ1v) is 11.9. The number of nitrogens with two attached hydrogens (primary N) is 1. The number of aromatic hydroxyl groups is 1. The Morgan fingerprint density at radius 1 is 0.943 bits per heavy atom. The molecular weight excluding hydrogens is 446 g/mol. The smallest absolute Gasteiger partial charge is 0.341 e. The van der Waals surface area contributed by atoms with Gasteiger partial charge in [-0.2, -0.15) is 0 Å². The maximum Gasteiger partial charge on any atom is 0.341 e. The molecule has 8 heteroatoms. The number of ether oxygens (including phenoxy) is 2. The predicted molar refractivity (Wildman–Crippen MR) is 135 cm³/mol. The summed E-state index contributed by atoms with van der Waals surface area (Å²) in [5, 5.41) is 11.8. The quantitative estimate of drug-likeness (QED) is 0.139. The number of carbonyl (C=O) groups is 2. The maximum atomic E-state index is 12.8. The van der Waals surface area contributed by atoms with E-state index in [0.29, 0.717) is 39.7 Å². The molecule has 8 nitrogen and oxygen atoms in total. The normalized spacial score (nSPS) is 11.3. The molecular formula is C27H29N3O5. The standard InChI is InChI=1S/C27H29N3O5/c1-3-4-5-6-7-10-13-35-27(33)18-14-19-20(15-21(18)34-2)29-23-16-11-8-9-12-17(16)25(31)22(26(28)32)24(23)30-19/h8-9,11-12,14-15,31H,3-7,10,13H2,1-2H3,(H2,28,32). The van der Waals surface area contributed by atoms with Crippen molar-refractivity contribution in [1.29, 1.82) is 0 Å². The minimum Gasteiger partial charge on any atom is -0.506 e. The molecule has 4 aromatic rings. The molecule has 1 amide bonds. The van der Waals surface area contributed by atoms with Crippen molar-refractivity contribution in [2.45, 2.75) is 45.4 Å². The molecule has 0 unspecified atom stereocenters. The Morgan fingerprint density at radius 2 is 1.60 bits per heavy atom. The SMILES string of the molecule is CCCCCCCCOC(=O)c1cc2nc3c(C(N)=O)c(O)c4ccccc4c3nc2cc1OC. The molecule has 3 N–H and O–H groups in total. The summed E-state index contributed by atoms with van der Waals surface area (Å²) in [6, 6.07) is 10.2. The first kappa shape index (κ1) is 24.2. The van der Waals surface area contributed by atoms with Crippen LogP contribution in [0.5, 0.6) is 11.5 Å². The number of amides is 1. The fraction of sp³-hybridized carbons (Fsp3) is 0.333. The van der Waals surface area contributed by atoms with Gasteiger partial charge in [-0.05, 0) is 12.5 Å². The van der Waals surface area contributed by atoms with Crippen LogP contribution >= 0.6 is 0 Å². The first-order valence-electron chi connectivity index (χ1n) is 11.9. The first-order chi connectivity index (χ1) is 17.0. The van der Waals surface area contributed by atoms with Crippen LogP contribution in [0.4, 0.5) is 0 Å². The second kappa shape index (κ2) is 10.5. The van der Waals surface area contributed by atoms with Crippen LogP contribution in [0, 0.1) is 0 Å². The number of nitrogens with zero attached hydrogens (tertiary/aromatic N) is 2. The van der Waals surface area contributed by atoms with Crippen molar-refractivity contribution in [2.75, 3.05) is 13.7 Å². The minimum atomic E-state index is -0.820. The zero-order valence-electron chi connectivity index (χ0n) is 20.0. The molecule has 0 saturated heterocycles. The highest BCUT2D eigenvalue weighted by Gasteiger charge is 2.22. The molecule has 35 heavy (non-hydrogen) atoms. The van der Waals surface area contributed by atoms with Crippen LogP contribution in [-0.2, 0) is 4.74 Å². The van der Waals surface area contributed by atoms with Gasteiger partial charge in [0.25, 0.3) is 5.91 Å². The van der Waals surface area contributed by atoms with Crippen molar-refractivity contribution >= 4 is 44.7 Å². The number of esters is 1. The average molecular weight is 476 g/mol. The third-order valence-corrected chi connectivity index (χ3v) is 6.09. The van der Waals surface area contributed by atoms with Crippen LogP contribution in [-0.4, -0.2) is 40.7 Å². The van der Waals surface area contributed by atoms with Gasteiger partial charge in [0.05, 0.1) is 30.3 Å². The van der Waals surface area contributed by atoms with E-state index >= 15 is 0 Å². The summed E-state index contributed by atoms with van der Waals surface area (Å²) in [6.45, 7) is 2.49. The maximum absolute atomic E-state index is 12.8. The Bertz CT molecular complexity index is 1420. The van der Waals surface area contributed by atoms with Crippen LogP contribution in [0.25, 0.3) is 32.8 Å². The number of fused-ring (bicyclic) bond motifs is 4. The van der Waals surface area contributed by atoms with Gasteiger partial charge in [-0.3, -0.25) is 4.79 Å². The van der Waals surface area contributed by atoms with Crippen molar-refractivity contribution in [3.8, 4) is 11.5 Å². The Morgan fingerprint density at radius 3 is 2.31 bits per heavy atom. The summed E-state index contributed by atoms with van der Waals surface area (Å²) in [4.78, 5) is 34.3. The lowest BCUT2D eigenvalue weighted by molar-refractivity contribution is 0.0494. The summed E-state index contributed by atoms with van der Waals surface area (Å²) in [7, 11) is 1.47. The predicted octanol–water partition coefficient (Wildman–Crippen LogP) is 5.27. The molecule has 0 spiro atoms. The van der Waals surface area contributed by atoms with E-state index in [1.165, 1.54) is 32.4 Å². The topological polar surface area (TPSA) is 125 Å². The molecule has 4 rings (SSSR count). The third-order valence-electron chi connectivity index (χ3n) is 6.09. The van der Waals surface area contributed by atoms with Gasteiger partial charge in [-0.1, -0.05) is 63.3 Å². The number of hydrogen-bond donors (Lipinski definition) is 2. The molecule has 1 heterocycles. The highest BCUT2D eigenvalue weighted by Crippen LogP contribution is 2.37. The van der Waals surface area contributed by atoms with E-state index < -0.39 is 11.9 Å². The molecule has 0 aliphatic carbocycles. The van der Waals surface area contributed by atoms with Gasteiger partial charge < -0.3 is 20.3 Å². The van der Waals surface area contributed by atoms with Crippen molar-refractivity contribution < 1.29 is 24.2 Å². The Labute approximate surface area is 203 Å². The number of benzene rings is 3. The van der Waals surface area contributed by atoms with Crippen LogP contribution < -0.4 is 10.5 Å². The molecule has 0 bridgehead atoms. The lowest BCUT2D eigenvalue weighted by atomic mass is 10.0. The van der Waals surface area contributed by atoms with E-state index in [0.717, 1.165) is 19.3 Å². The van der Waals surface area contributed by atoms with E-state index in [2.05, 4.69) is 11.9 Å². The fourth-order valence-corrected chi connectivity index (χ4v) is 4.28. The number of phenols is 1. The Hall–Kier alpha value is -3.94. The van der Waals surface area contributed by atoms with Gasteiger partial charge in [-0.15, -0.1) is 0 Å². The second-order valence-electron chi connectivity index (χ2n) is 8.50. The molecule has 3 aromatic carbocycles. The van der Waals surface area contributed by atoms with Crippen molar-refractivity contribution in [2.24, 2.45) is 5.73 Å². The monoisotopic (exact) mass is 475 g/mol. The molecule has 182 valence electrons. The van der Waals surface area contributed by atoms with Gasteiger partial charge in [0.15, 0.2) is 0 Å². The third kappa shape index (κ3) is 4.82. The molecule has 0 fully saturated rings. The highest BCUT2D eigenvalue weighted by molar-refractivity contribution is 6.19. The Balaban J connectivity index is 1.73. The van der Waals surface area contributed by atoms with Crippen LogP contribution in [0.2, 0.25) is 0 Å². The van der Waals surface area contributed by atoms with E-state index in [4.69, 9.17) is 20.2 Å². The number of rotatable bonds is 10. The zero-order chi connectivity index (χ0) is 24.9. The molecule has 1 aromatic heterocycles. The minimum absolute atomic E-state index is 0.115. The number of unbranched alkanes of at least 4 members (excludes halogenated alkanes) is 5. The average Bonchev–Trinajstić information content (AvgIpc) is 2.86. The summed E-state index contributed by atoms with van der Waals surface area (Å²) < 4.78 is 10.9. The molecule has 0 aliphatic heterocycles. The Kier molecular flexibility index (Phi) is 7.29. The molecule has 0 saturated carbocycles. The van der Waals surface area contributed by atoms with Gasteiger partial charge in [-0.25, -0.2) is 14.8 Å². The fourth-order valence-electron chi connectivity index (χ4n) is 4.28. The van der Waals surface area contributed by atoms with Gasteiger partial charge >= 0.3 is 5.97 Å². The second-order valence-corrected chi connectivity index (χ2v) is 8.50. The number of methoxy groups -OCH3 is 1. The van der Waals surface area contributed by atoms with E-state index in [1.54, 1.807) is 30.3 Å². The van der Waals surface area contributed by atoms with Gasteiger partial charge in [0.2, 0.25) is 0 Å². The molecule has 0 atom stereocenters. The zero-order valence-corrected chi connectivity index (χ0v) is 20.0. The molecule has 0 aliphatic rings. The number of primary amides is 1. The summed E-state index contributed by atoms with van der Waals surface area (Å²) in [5.74, 6) is -1.27. The summed E-state index contributed by atoms with van der Waals surface area (Å²) in [6.07, 6.45) is 6.52.